The van der Waals surface area contributed by atoms with Crippen molar-refractivity contribution in [2.45, 2.75) is 45.2 Å². The fraction of sp³-hybridized carbons (Fsp3) is 0.458. The van der Waals surface area contributed by atoms with E-state index >= 15 is 0 Å². The van der Waals surface area contributed by atoms with Gasteiger partial charge >= 0.3 is 7.60 Å². The van der Waals surface area contributed by atoms with Crippen LogP contribution >= 0.6 is 7.60 Å². The van der Waals surface area contributed by atoms with E-state index in [0.717, 1.165) is 18.4 Å². The maximum absolute atomic E-state index is 13.4. The third-order valence-corrected chi connectivity index (χ3v) is 7.05. The van der Waals surface area contributed by atoms with Crippen LogP contribution in [0.25, 0.3) is 0 Å². The monoisotopic (exact) mass is 463 g/mol. The molecule has 32 heavy (non-hydrogen) atoms. The molecule has 0 aliphatic heterocycles. The lowest BCUT2D eigenvalue weighted by molar-refractivity contribution is 0.0750. The molecule has 0 bridgehead atoms. The molecule has 0 aliphatic rings. The highest BCUT2D eigenvalue weighted by Gasteiger charge is 2.24. The predicted molar refractivity (Wildman–Crippen MR) is 126 cm³/mol. The van der Waals surface area contributed by atoms with Crippen molar-refractivity contribution in [1.82, 2.24) is 4.90 Å². The minimum absolute atomic E-state index is 0.154. The lowest BCUT2D eigenvalue weighted by Crippen LogP contribution is -2.33. The van der Waals surface area contributed by atoms with E-state index in [1.54, 1.807) is 31.3 Å². The fourth-order valence-electron chi connectivity index (χ4n) is 3.57. The van der Waals surface area contributed by atoms with Crippen molar-refractivity contribution in [1.29, 1.82) is 0 Å². The Hall–Kier alpha value is -2.34. The third kappa shape index (κ3) is 7.37. The first kappa shape index (κ1) is 25.9. The number of hydrogen-bond donors (Lipinski definition) is 2. The van der Waals surface area contributed by atoms with Gasteiger partial charge in [-0.1, -0.05) is 37.3 Å². The number of amides is 1. The Morgan fingerprint density at radius 1 is 1.03 bits per heavy atom. The first-order valence-electron chi connectivity index (χ1n) is 10.8. The minimum Gasteiger partial charge on any atom is -0.496 e. The Morgan fingerprint density at radius 3 is 2.12 bits per heavy atom. The number of benzene rings is 2. The van der Waals surface area contributed by atoms with Crippen LogP contribution in [-0.2, 0) is 11.0 Å². The first-order chi connectivity index (χ1) is 15.2. The zero-order valence-corrected chi connectivity index (χ0v) is 20.2. The van der Waals surface area contributed by atoms with Gasteiger partial charge in [0.15, 0.2) is 0 Å². The number of hydrogen-bond acceptors (Lipinski definition) is 4. The molecule has 0 saturated carbocycles. The van der Waals surface area contributed by atoms with Gasteiger partial charge in [0.1, 0.15) is 11.5 Å². The highest BCUT2D eigenvalue weighted by atomic mass is 31.2. The van der Waals surface area contributed by atoms with Crippen LogP contribution in [0.2, 0.25) is 0 Å². The second-order valence-electron chi connectivity index (χ2n) is 7.97. The van der Waals surface area contributed by atoms with Gasteiger partial charge in [-0.15, -0.1) is 0 Å². The fourth-order valence-corrected chi connectivity index (χ4v) is 4.09. The van der Waals surface area contributed by atoms with Crippen molar-refractivity contribution in [3.8, 4) is 11.5 Å². The number of aryl methyl sites for hydroxylation is 1. The lowest BCUT2D eigenvalue weighted by atomic mass is 10.1. The van der Waals surface area contributed by atoms with Crippen LogP contribution in [0.1, 0.15) is 47.7 Å². The van der Waals surface area contributed by atoms with Crippen molar-refractivity contribution in [2.75, 3.05) is 27.3 Å². The second kappa shape index (κ2) is 12.0. The SMILES string of the molecule is COc1cc(C(=O)N(CCCc2ccccc2)CCCC(C)P(=O)(O)O)cc(OC)c1C. The van der Waals surface area contributed by atoms with Crippen LogP contribution in [0.3, 0.4) is 0 Å². The summed E-state index contributed by atoms with van der Waals surface area (Å²) in [7, 11) is -1.02. The molecule has 8 heteroatoms. The Morgan fingerprint density at radius 2 is 1.59 bits per heavy atom. The molecule has 2 aromatic rings. The van der Waals surface area contributed by atoms with Crippen LogP contribution in [-0.4, -0.2) is 53.6 Å². The Bertz CT molecular complexity index is 902. The van der Waals surface area contributed by atoms with Crippen LogP contribution in [0.4, 0.5) is 0 Å². The third-order valence-electron chi connectivity index (χ3n) is 5.65. The molecule has 0 fully saturated rings. The molecule has 0 saturated heterocycles. The van der Waals surface area contributed by atoms with E-state index < -0.39 is 13.3 Å². The van der Waals surface area contributed by atoms with Crippen molar-refractivity contribution < 1.29 is 28.6 Å². The van der Waals surface area contributed by atoms with Crippen molar-refractivity contribution in [3.63, 3.8) is 0 Å². The van der Waals surface area contributed by atoms with Gasteiger partial charge in [0.2, 0.25) is 0 Å². The number of ether oxygens (including phenoxy) is 2. The van der Waals surface area contributed by atoms with Crippen LogP contribution < -0.4 is 9.47 Å². The zero-order chi connectivity index (χ0) is 23.7. The molecule has 2 N–H and O–H groups in total. The normalized spacial score (nSPS) is 12.3. The number of nitrogens with zero attached hydrogens (tertiary/aromatic N) is 1. The van der Waals surface area contributed by atoms with E-state index in [0.29, 0.717) is 43.0 Å². The quantitative estimate of drug-likeness (QED) is 0.452. The minimum atomic E-state index is -4.12. The van der Waals surface area contributed by atoms with Gasteiger partial charge in [0.05, 0.1) is 19.9 Å². The molecule has 1 atom stereocenters. The summed E-state index contributed by atoms with van der Waals surface area (Å²) in [6, 6.07) is 13.5. The second-order valence-corrected chi connectivity index (χ2v) is 10.0. The van der Waals surface area contributed by atoms with E-state index in [-0.39, 0.29) is 5.91 Å². The average molecular weight is 464 g/mol. The molecule has 2 rings (SSSR count). The van der Waals surface area contributed by atoms with Crippen LogP contribution in [0.5, 0.6) is 11.5 Å². The van der Waals surface area contributed by atoms with Gasteiger partial charge in [-0.25, -0.2) is 0 Å². The summed E-state index contributed by atoms with van der Waals surface area (Å²) in [6.45, 7) is 4.36. The number of carbonyl (C=O) groups excluding carboxylic acids is 1. The highest BCUT2D eigenvalue weighted by Crippen LogP contribution is 2.43. The number of methoxy groups -OCH3 is 2. The predicted octanol–water partition coefficient (Wildman–Crippen LogP) is 4.43. The molecule has 0 heterocycles. The zero-order valence-electron chi connectivity index (χ0n) is 19.3. The van der Waals surface area contributed by atoms with Gasteiger partial charge in [0.25, 0.3) is 5.91 Å². The Kier molecular flexibility index (Phi) is 9.76. The first-order valence-corrected chi connectivity index (χ1v) is 12.5. The molecular formula is C24H34NO6P. The van der Waals surface area contributed by atoms with Crippen molar-refractivity contribution in [3.05, 3.63) is 59.2 Å². The van der Waals surface area contributed by atoms with Crippen molar-refractivity contribution >= 4 is 13.5 Å². The van der Waals surface area contributed by atoms with E-state index in [9.17, 15) is 19.1 Å². The van der Waals surface area contributed by atoms with E-state index in [2.05, 4.69) is 12.1 Å². The van der Waals surface area contributed by atoms with Crippen LogP contribution in [0.15, 0.2) is 42.5 Å². The number of carbonyl (C=O) groups is 1. The van der Waals surface area contributed by atoms with Gasteiger partial charge in [-0.2, -0.15) is 0 Å². The summed E-state index contributed by atoms with van der Waals surface area (Å²) in [6.07, 6.45) is 2.46. The van der Waals surface area contributed by atoms with Gasteiger partial charge in [-0.05, 0) is 50.3 Å². The standard InChI is InChI=1S/C24H34NO6P/c1-18(32(27,28)29)10-8-14-25(15-9-13-20-11-6-5-7-12-20)24(26)21-16-22(30-3)19(2)23(17-21)31-4/h5-7,11-12,16-18H,8-10,13-15H2,1-4H3,(H2,27,28,29). The van der Waals surface area contributed by atoms with E-state index in [1.165, 1.54) is 12.5 Å². The van der Waals surface area contributed by atoms with Crippen molar-refractivity contribution in [2.24, 2.45) is 0 Å². The van der Waals surface area contributed by atoms with Gasteiger partial charge in [0, 0.05) is 24.2 Å². The average Bonchev–Trinajstić information content (AvgIpc) is 2.77. The molecule has 0 aromatic heterocycles. The summed E-state index contributed by atoms with van der Waals surface area (Å²) in [5.74, 6) is 0.998. The molecule has 1 amide bonds. The summed E-state index contributed by atoms with van der Waals surface area (Å²) >= 11 is 0. The summed E-state index contributed by atoms with van der Waals surface area (Å²) in [5.41, 5.74) is 1.75. The van der Waals surface area contributed by atoms with Gasteiger partial charge < -0.3 is 24.2 Å². The number of rotatable bonds is 12. The molecule has 2 aromatic carbocycles. The maximum atomic E-state index is 13.4. The lowest BCUT2D eigenvalue weighted by Gasteiger charge is -2.24. The Balaban J connectivity index is 2.16. The highest BCUT2D eigenvalue weighted by molar-refractivity contribution is 7.52. The topological polar surface area (TPSA) is 96.3 Å². The summed E-state index contributed by atoms with van der Waals surface area (Å²) in [4.78, 5) is 33.8. The largest absolute Gasteiger partial charge is 0.496 e. The molecular weight excluding hydrogens is 429 g/mol. The van der Waals surface area contributed by atoms with Crippen LogP contribution in [0, 0.1) is 6.92 Å². The molecule has 0 aliphatic carbocycles. The maximum Gasteiger partial charge on any atom is 0.328 e. The molecule has 7 nitrogen and oxygen atoms in total. The van der Waals surface area contributed by atoms with E-state index in [1.807, 2.05) is 25.1 Å². The molecule has 0 spiro atoms. The molecule has 1 unspecified atom stereocenters. The molecule has 176 valence electrons. The summed E-state index contributed by atoms with van der Waals surface area (Å²) in [5, 5.41) is 0. The molecule has 0 radical (unpaired) electrons. The summed E-state index contributed by atoms with van der Waals surface area (Å²) < 4.78 is 22.3. The smallest absolute Gasteiger partial charge is 0.328 e. The van der Waals surface area contributed by atoms with E-state index in [4.69, 9.17) is 9.47 Å². The Labute approximate surface area is 190 Å². The van der Waals surface area contributed by atoms with Gasteiger partial charge in [-0.3, -0.25) is 9.36 Å².